The highest BCUT2D eigenvalue weighted by atomic mass is 16.1. The molecule has 0 unspecified atom stereocenters. The number of carbonyl (C=O) groups excluding carboxylic acids is 2. The summed E-state index contributed by atoms with van der Waals surface area (Å²) in [6, 6.07) is 8.01. The molecule has 1 aliphatic rings. The van der Waals surface area contributed by atoms with Crippen LogP contribution in [0.5, 0.6) is 0 Å². The van der Waals surface area contributed by atoms with Crippen molar-refractivity contribution in [1.82, 2.24) is 0 Å². The Hall–Kier alpha value is -1.44. The first-order chi connectivity index (χ1) is 7.97. The number of hydrogen-bond donors (Lipinski definition) is 0. The lowest BCUT2D eigenvalue weighted by Crippen LogP contribution is -2.47. The van der Waals surface area contributed by atoms with Gasteiger partial charge in [0.25, 0.3) is 0 Å². The third-order valence-corrected chi connectivity index (χ3v) is 3.77. The summed E-state index contributed by atoms with van der Waals surface area (Å²) in [6.07, 6.45) is 0.762. The van der Waals surface area contributed by atoms with E-state index in [1.54, 1.807) is 6.92 Å². The van der Waals surface area contributed by atoms with Crippen molar-refractivity contribution < 1.29 is 9.59 Å². The molecule has 0 amide bonds. The second-order valence-electron chi connectivity index (χ2n) is 5.27. The van der Waals surface area contributed by atoms with Crippen LogP contribution < -0.4 is 0 Å². The minimum absolute atomic E-state index is 0.116. The average Bonchev–Trinajstić information content (AvgIpc) is 2.24. The monoisotopic (exact) mass is 230 g/mol. The molecule has 2 nitrogen and oxygen atoms in total. The normalized spacial score (nSPS) is 18.0. The van der Waals surface area contributed by atoms with E-state index in [0.717, 1.165) is 5.56 Å². The first kappa shape index (κ1) is 12.0. The Morgan fingerprint density at radius 3 is 2.29 bits per heavy atom. The molecule has 0 aliphatic heterocycles. The zero-order valence-corrected chi connectivity index (χ0v) is 10.6. The van der Waals surface area contributed by atoms with Crippen LogP contribution in [0.25, 0.3) is 0 Å². The molecule has 0 heterocycles. The second-order valence-corrected chi connectivity index (χ2v) is 5.27. The Morgan fingerprint density at radius 2 is 1.82 bits per heavy atom. The number of rotatable bonds is 3. The van der Waals surface area contributed by atoms with Gasteiger partial charge in [0.15, 0.2) is 0 Å². The molecule has 1 aliphatic carbocycles. The first-order valence-corrected chi connectivity index (χ1v) is 6.09. The molecule has 0 N–H and O–H groups in total. The van der Waals surface area contributed by atoms with E-state index in [9.17, 15) is 9.59 Å². The number of Topliss-reactive ketones (excluding diaryl/α,β-unsaturated/α-hetero) is 2. The summed E-state index contributed by atoms with van der Waals surface area (Å²) in [5.41, 5.74) is 1.72. The Kier molecular flexibility index (Phi) is 2.90. The van der Waals surface area contributed by atoms with Gasteiger partial charge in [-0.25, -0.2) is 0 Å². The van der Waals surface area contributed by atoms with Crippen molar-refractivity contribution in [3.05, 3.63) is 35.4 Å². The predicted octanol–water partition coefficient (Wildman–Crippen LogP) is 3.00. The molecule has 0 atom stereocenters. The highest BCUT2D eigenvalue weighted by Gasteiger charge is 2.49. The van der Waals surface area contributed by atoms with Gasteiger partial charge in [-0.3, -0.25) is 9.59 Å². The summed E-state index contributed by atoms with van der Waals surface area (Å²) in [6.45, 7) is 5.84. The SMILES string of the molecule is CC(=O)C1(c2ccccc2C(C)C)CC(=O)C1. The highest BCUT2D eigenvalue weighted by Crippen LogP contribution is 2.44. The minimum atomic E-state index is -0.530. The molecule has 0 radical (unpaired) electrons. The van der Waals surface area contributed by atoms with E-state index < -0.39 is 5.41 Å². The lowest BCUT2D eigenvalue weighted by atomic mass is 9.60. The van der Waals surface area contributed by atoms with Crippen LogP contribution in [-0.2, 0) is 15.0 Å². The molecule has 17 heavy (non-hydrogen) atoms. The number of ketones is 2. The molecule has 2 heteroatoms. The molecule has 0 spiro atoms. The topological polar surface area (TPSA) is 34.1 Å². The summed E-state index contributed by atoms with van der Waals surface area (Å²) in [7, 11) is 0. The lowest BCUT2D eigenvalue weighted by Gasteiger charge is -2.40. The fourth-order valence-corrected chi connectivity index (χ4v) is 2.69. The summed E-state index contributed by atoms with van der Waals surface area (Å²) in [5, 5.41) is 0. The van der Waals surface area contributed by atoms with Crippen LogP contribution in [0.2, 0.25) is 0 Å². The quantitative estimate of drug-likeness (QED) is 0.800. The highest BCUT2D eigenvalue weighted by molar-refractivity contribution is 6.04. The van der Waals surface area contributed by atoms with Crippen LogP contribution in [-0.4, -0.2) is 11.6 Å². The summed E-state index contributed by atoms with van der Waals surface area (Å²) >= 11 is 0. The van der Waals surface area contributed by atoms with E-state index in [0.29, 0.717) is 18.8 Å². The number of carbonyl (C=O) groups is 2. The molecular formula is C15H18O2. The molecule has 0 bridgehead atoms. The summed E-state index contributed by atoms with van der Waals surface area (Å²) in [4.78, 5) is 23.2. The molecule has 90 valence electrons. The molecule has 2 rings (SSSR count). The second kappa shape index (κ2) is 4.10. The van der Waals surface area contributed by atoms with Gasteiger partial charge in [-0.1, -0.05) is 38.1 Å². The molecule has 1 saturated carbocycles. The maximum Gasteiger partial charge on any atom is 0.141 e. The largest absolute Gasteiger partial charge is 0.300 e. The van der Waals surface area contributed by atoms with E-state index in [-0.39, 0.29) is 11.6 Å². The fraction of sp³-hybridized carbons (Fsp3) is 0.467. The van der Waals surface area contributed by atoms with Crippen molar-refractivity contribution >= 4 is 11.6 Å². The maximum atomic E-state index is 11.9. The molecule has 0 aromatic heterocycles. The van der Waals surface area contributed by atoms with Crippen LogP contribution in [0, 0.1) is 0 Å². The lowest BCUT2D eigenvalue weighted by molar-refractivity contribution is -0.138. The van der Waals surface area contributed by atoms with Gasteiger partial charge in [-0.2, -0.15) is 0 Å². The zero-order valence-electron chi connectivity index (χ0n) is 10.6. The third-order valence-electron chi connectivity index (χ3n) is 3.77. The van der Waals surface area contributed by atoms with Crippen LogP contribution in [0.3, 0.4) is 0 Å². The van der Waals surface area contributed by atoms with Gasteiger partial charge in [0, 0.05) is 12.8 Å². The van der Waals surface area contributed by atoms with Gasteiger partial charge in [0.05, 0.1) is 5.41 Å². The van der Waals surface area contributed by atoms with Crippen molar-refractivity contribution in [1.29, 1.82) is 0 Å². The predicted molar refractivity (Wildman–Crippen MR) is 67.1 cm³/mol. The maximum absolute atomic E-state index is 11.9. The van der Waals surface area contributed by atoms with Gasteiger partial charge in [-0.15, -0.1) is 0 Å². The summed E-state index contributed by atoms with van der Waals surface area (Å²) < 4.78 is 0. The van der Waals surface area contributed by atoms with E-state index >= 15 is 0 Å². The summed E-state index contributed by atoms with van der Waals surface area (Å²) in [5.74, 6) is 0.682. The fourth-order valence-electron chi connectivity index (χ4n) is 2.69. The number of hydrogen-bond acceptors (Lipinski definition) is 2. The smallest absolute Gasteiger partial charge is 0.141 e. The van der Waals surface area contributed by atoms with Gasteiger partial charge >= 0.3 is 0 Å². The van der Waals surface area contributed by atoms with E-state index in [4.69, 9.17) is 0 Å². The van der Waals surface area contributed by atoms with Crippen molar-refractivity contribution in [2.75, 3.05) is 0 Å². The van der Waals surface area contributed by atoms with Crippen molar-refractivity contribution in [2.45, 2.75) is 44.9 Å². The van der Waals surface area contributed by atoms with Crippen molar-refractivity contribution in [3.63, 3.8) is 0 Å². The van der Waals surface area contributed by atoms with Crippen LogP contribution in [0.1, 0.15) is 50.7 Å². The van der Waals surface area contributed by atoms with E-state index in [1.807, 2.05) is 18.2 Å². The standard InChI is InChI=1S/C15H18O2/c1-10(2)13-6-4-5-7-14(13)15(11(3)16)8-12(17)9-15/h4-7,10H,8-9H2,1-3H3. The van der Waals surface area contributed by atoms with Crippen LogP contribution in [0.15, 0.2) is 24.3 Å². The average molecular weight is 230 g/mol. The zero-order chi connectivity index (χ0) is 12.6. The Balaban J connectivity index is 2.52. The van der Waals surface area contributed by atoms with Gasteiger partial charge in [-0.05, 0) is 24.0 Å². The number of benzene rings is 1. The Morgan fingerprint density at radius 1 is 1.24 bits per heavy atom. The molecule has 0 saturated heterocycles. The van der Waals surface area contributed by atoms with Gasteiger partial charge in [0.2, 0.25) is 0 Å². The molecule has 1 aromatic carbocycles. The van der Waals surface area contributed by atoms with E-state index in [2.05, 4.69) is 19.9 Å². The van der Waals surface area contributed by atoms with Crippen molar-refractivity contribution in [3.8, 4) is 0 Å². The molecule has 1 aromatic rings. The van der Waals surface area contributed by atoms with Gasteiger partial charge in [0.1, 0.15) is 11.6 Å². The van der Waals surface area contributed by atoms with Crippen LogP contribution >= 0.6 is 0 Å². The van der Waals surface area contributed by atoms with Gasteiger partial charge < -0.3 is 0 Å². The molecule has 1 fully saturated rings. The Bertz CT molecular complexity index is 464. The first-order valence-electron chi connectivity index (χ1n) is 6.09. The van der Waals surface area contributed by atoms with E-state index in [1.165, 1.54) is 5.56 Å². The van der Waals surface area contributed by atoms with Crippen LogP contribution in [0.4, 0.5) is 0 Å². The Labute approximate surface area is 102 Å². The third kappa shape index (κ3) is 1.82. The van der Waals surface area contributed by atoms with Crippen molar-refractivity contribution in [2.24, 2.45) is 0 Å². The molecular weight excluding hydrogens is 212 g/mol. The minimum Gasteiger partial charge on any atom is -0.300 e.